The minimum absolute atomic E-state index is 0.00384. The Morgan fingerprint density at radius 3 is 1.04 bits per heavy atom. The summed E-state index contributed by atoms with van der Waals surface area (Å²) in [6, 6.07) is 11.1. The molecule has 9 heterocycles. The first-order chi connectivity index (χ1) is 53.1. The van der Waals surface area contributed by atoms with Crippen LogP contribution in [0, 0.1) is 0 Å². The van der Waals surface area contributed by atoms with Gasteiger partial charge < -0.3 is 73.1 Å². The van der Waals surface area contributed by atoms with Crippen LogP contribution in [0.5, 0.6) is 17.2 Å². The zero-order chi connectivity index (χ0) is 82.7. The van der Waals surface area contributed by atoms with Crippen molar-refractivity contribution >= 4 is 62.6 Å². The Balaban J connectivity index is 0.000000181. The molecule has 12 rings (SSSR count). The number of methoxy groups -OCH3 is 3. The van der Waals surface area contributed by atoms with E-state index in [9.17, 15) is 77.4 Å². The summed E-state index contributed by atoms with van der Waals surface area (Å²) in [5.41, 5.74) is 1.51. The minimum Gasteiger partial charge on any atom is -0.494 e. The molecule has 3 fully saturated rings. The molecule has 3 aromatic carbocycles. The molecule has 0 spiro atoms. The van der Waals surface area contributed by atoms with Gasteiger partial charge in [-0.25, -0.2) is 48.3 Å². The van der Waals surface area contributed by atoms with E-state index in [1.165, 1.54) is 78.5 Å². The van der Waals surface area contributed by atoms with E-state index in [0.29, 0.717) is 69.1 Å². The third-order valence-electron chi connectivity index (χ3n) is 18.4. The van der Waals surface area contributed by atoms with Crippen molar-refractivity contribution in [3.8, 4) is 51.6 Å². The fourth-order valence-corrected chi connectivity index (χ4v) is 13.1. The highest BCUT2D eigenvalue weighted by Gasteiger charge is 2.42. The van der Waals surface area contributed by atoms with Gasteiger partial charge in [-0.1, -0.05) is 0 Å². The number of aliphatic hydroxyl groups is 1. The van der Waals surface area contributed by atoms with E-state index in [1.807, 2.05) is 0 Å². The van der Waals surface area contributed by atoms with Gasteiger partial charge in [-0.3, -0.25) is 14.4 Å². The number of nitrogens with zero attached hydrogens (tertiary/aromatic N) is 9. The molecule has 0 saturated carbocycles. The van der Waals surface area contributed by atoms with Crippen LogP contribution in [0.25, 0.3) is 67.1 Å². The Morgan fingerprint density at radius 2 is 0.761 bits per heavy atom. The number of carbonyl (C=O) groups is 5. The third kappa shape index (κ3) is 18.9. The van der Waals surface area contributed by atoms with Gasteiger partial charge in [-0.05, 0) is 174 Å². The second kappa shape index (κ2) is 33.8. The molecular formula is C76H83F11N12O14. The summed E-state index contributed by atoms with van der Waals surface area (Å²) in [5.74, 6) is -1.28. The van der Waals surface area contributed by atoms with Gasteiger partial charge in [-0.15, -0.1) is 0 Å². The van der Waals surface area contributed by atoms with Crippen molar-refractivity contribution in [1.29, 1.82) is 0 Å². The molecule has 608 valence electrons. The second-order valence-electron chi connectivity index (χ2n) is 28.8. The summed E-state index contributed by atoms with van der Waals surface area (Å²) in [5, 5.41) is 15.8. The number of carbonyl (C=O) groups excluding carboxylic acids is 5. The first kappa shape index (κ1) is 84.5. The number of alkyl halides is 11. The van der Waals surface area contributed by atoms with E-state index in [1.54, 1.807) is 74.4 Å². The molecule has 6 aromatic heterocycles. The molecule has 37 heteroatoms. The first-order valence-corrected chi connectivity index (χ1v) is 35.7. The average molecular weight is 1600 g/mol. The van der Waals surface area contributed by atoms with Gasteiger partial charge in [0, 0.05) is 52.5 Å². The molecule has 0 unspecified atom stereocenters. The van der Waals surface area contributed by atoms with Crippen LogP contribution in [-0.4, -0.2) is 170 Å². The predicted octanol–water partition coefficient (Wildman–Crippen LogP) is 15.7. The van der Waals surface area contributed by atoms with Gasteiger partial charge in [0.15, 0.2) is 34.4 Å². The van der Waals surface area contributed by atoms with Crippen molar-refractivity contribution in [3.63, 3.8) is 0 Å². The molecule has 26 nitrogen and oxygen atoms in total. The fraction of sp³-hybridized carbons (Fsp3) is 0.461. The van der Waals surface area contributed by atoms with Crippen LogP contribution < -0.4 is 30.6 Å². The van der Waals surface area contributed by atoms with Gasteiger partial charge >= 0.3 is 30.7 Å². The number of likely N-dealkylation sites (tertiary alicyclic amines) is 3. The van der Waals surface area contributed by atoms with Crippen molar-refractivity contribution in [3.05, 3.63) is 124 Å². The van der Waals surface area contributed by atoms with Gasteiger partial charge in [-0.2, -0.15) is 39.5 Å². The summed E-state index contributed by atoms with van der Waals surface area (Å²) in [6.07, 6.45) is -11.9. The maximum absolute atomic E-state index is 13.6. The van der Waals surface area contributed by atoms with Crippen molar-refractivity contribution in [2.75, 3.05) is 60.9 Å². The number of pyridine rings is 3. The van der Waals surface area contributed by atoms with E-state index in [-0.39, 0.29) is 114 Å². The van der Waals surface area contributed by atoms with Gasteiger partial charge in [0.25, 0.3) is 17.7 Å². The monoisotopic (exact) mass is 1600 g/mol. The molecule has 6 atom stereocenters. The number of aliphatic hydroxyl groups excluding tert-OH is 1. The van der Waals surface area contributed by atoms with Crippen LogP contribution in [0.15, 0.2) is 86.0 Å². The van der Waals surface area contributed by atoms with Crippen molar-refractivity contribution in [1.82, 2.24) is 55.2 Å². The van der Waals surface area contributed by atoms with Crippen molar-refractivity contribution < 1.29 is 114 Å². The number of halogens is 11. The largest absolute Gasteiger partial charge is 0.494 e. The van der Waals surface area contributed by atoms with E-state index in [0.717, 1.165) is 18.2 Å². The van der Waals surface area contributed by atoms with Crippen LogP contribution in [0.3, 0.4) is 0 Å². The SMILES string of the molecule is COc1ccc(-c2nc(C(=O)N3CCC[C@@H]3CF)c([C@H](C)N)o2)c2ccc(C(F)(F)F)nc12.COc1ccc(-c2nc(C(=O)N3CCC[C@@H]3CF)c([C@H](C)NC(=O)OC(C)(C)C)o2)c2ccc(C(F)(F)F)nc12.COc1ccc(-c2nc(C(=O)N3CCC[C@@H]3CO)c([C@H](C)NC(=O)OC(C)(C)C)o2)c2ccc(C(F)(F)F)nc12. The fourth-order valence-electron chi connectivity index (χ4n) is 13.1. The Kier molecular flexibility index (Phi) is 25.2. The number of nitrogens with one attached hydrogen (secondary N) is 2. The number of aromatic nitrogens is 6. The van der Waals surface area contributed by atoms with E-state index >= 15 is 0 Å². The minimum atomic E-state index is -4.68. The Bertz CT molecular complexity index is 4780. The Labute approximate surface area is 639 Å². The molecule has 9 aromatic rings. The van der Waals surface area contributed by atoms with Crippen LogP contribution in [0.1, 0.15) is 185 Å². The molecule has 0 radical (unpaired) electrons. The van der Waals surface area contributed by atoms with E-state index < -0.39 is 126 Å². The summed E-state index contributed by atoms with van der Waals surface area (Å²) in [6.45, 7) is 14.4. The number of hydrogen-bond acceptors (Lipinski definition) is 21. The quantitative estimate of drug-likeness (QED) is 0.0615. The zero-order valence-electron chi connectivity index (χ0n) is 63.4. The van der Waals surface area contributed by atoms with Gasteiger partial charge in [0.2, 0.25) is 17.7 Å². The zero-order valence-corrected chi connectivity index (χ0v) is 63.4. The number of oxazole rings is 3. The molecule has 113 heavy (non-hydrogen) atoms. The van der Waals surface area contributed by atoms with E-state index in [2.05, 4.69) is 40.5 Å². The molecular weight excluding hydrogens is 1510 g/mol. The normalized spacial score (nSPS) is 17.0. The van der Waals surface area contributed by atoms with Crippen LogP contribution in [0.2, 0.25) is 0 Å². The number of nitrogens with two attached hydrogens (primary N) is 1. The predicted molar refractivity (Wildman–Crippen MR) is 386 cm³/mol. The van der Waals surface area contributed by atoms with Crippen LogP contribution >= 0.6 is 0 Å². The molecule has 3 aliphatic heterocycles. The highest BCUT2D eigenvalue weighted by Crippen LogP contribution is 2.43. The summed E-state index contributed by atoms with van der Waals surface area (Å²) in [7, 11) is 3.94. The average Bonchev–Trinajstić information content (AvgIpc) is 1.62. The highest BCUT2D eigenvalue weighted by molar-refractivity contribution is 6.01. The molecule has 3 aliphatic rings. The highest BCUT2D eigenvalue weighted by atomic mass is 19.4. The number of hydrogen-bond donors (Lipinski definition) is 4. The lowest BCUT2D eigenvalue weighted by Crippen LogP contribution is -2.39. The standard InChI is InChI=1S/C27H30F4N4O5.C27H31F3N4O6.C22H22F4N4O3/c1-14(32-25(37)40-26(2,3)4)22-21(24(36)35-12-6-7-15(35)13-28)34-23(39-22)17-8-10-18(38-5)20-16(17)9-11-19(33-20)27(29,30)31;1-14(31-25(37)40-26(2,3)4)22-21(24(36)34-12-6-7-15(34)13-35)33-23(39-22)17-8-10-18(38-5)20-16(17)9-11-19(32-20)27(28,29)30;1-11(27)19-18(21(31)30-9-3-4-12(30)10-23)29-20(33-19)14-5-7-15(32-2)17-13(14)6-8-16(28-17)22(24,25)26/h8-11,14-15H,6-7,12-13H2,1-5H3,(H,32,37);8-11,14-15,35H,6-7,12-13H2,1-5H3,(H,31,37);5-8,11-12H,3-4,9-10,27H2,1-2H3/t2*14-,15+;11-,12+/m000/s1. The van der Waals surface area contributed by atoms with Gasteiger partial charge in [0.05, 0.1) is 64.2 Å². The lowest BCUT2D eigenvalue weighted by atomic mass is 10.1. The first-order valence-electron chi connectivity index (χ1n) is 35.7. The number of ether oxygens (including phenoxy) is 5. The molecule has 5 N–H and O–H groups in total. The smallest absolute Gasteiger partial charge is 0.433 e. The molecule has 5 amide bonds. The number of alkyl carbamates (subject to hydrolysis) is 2. The van der Waals surface area contributed by atoms with Crippen LogP contribution in [-0.2, 0) is 28.0 Å². The molecule has 0 aliphatic carbocycles. The van der Waals surface area contributed by atoms with Crippen molar-refractivity contribution in [2.45, 2.75) is 167 Å². The topological polar surface area (TPSA) is 328 Å². The summed E-state index contributed by atoms with van der Waals surface area (Å²) >= 11 is 0. The van der Waals surface area contributed by atoms with Crippen LogP contribution in [0.4, 0.5) is 57.9 Å². The van der Waals surface area contributed by atoms with Crippen molar-refractivity contribution in [2.24, 2.45) is 5.73 Å². The van der Waals surface area contributed by atoms with Gasteiger partial charge in [0.1, 0.15) is 75.4 Å². The third-order valence-corrected chi connectivity index (χ3v) is 18.4. The molecule has 0 bridgehead atoms. The Morgan fingerprint density at radius 1 is 0.469 bits per heavy atom. The second-order valence-corrected chi connectivity index (χ2v) is 28.8. The lowest BCUT2D eigenvalue weighted by molar-refractivity contribution is -0.141. The number of fused-ring (bicyclic) bond motifs is 3. The summed E-state index contributed by atoms with van der Waals surface area (Å²) < 4.78 is 191. The lowest BCUT2D eigenvalue weighted by Gasteiger charge is -2.23. The maximum atomic E-state index is 13.6. The number of amides is 5. The van der Waals surface area contributed by atoms with E-state index in [4.69, 9.17) is 42.7 Å². The molecule has 3 saturated heterocycles. The number of benzene rings is 3. The maximum Gasteiger partial charge on any atom is 0.433 e. The number of rotatable bonds is 17. The Hall–Kier alpha value is -11.0. The summed E-state index contributed by atoms with van der Waals surface area (Å²) in [4.78, 5) is 93.9.